The van der Waals surface area contributed by atoms with Gasteiger partial charge in [0.1, 0.15) is 17.5 Å². The maximum absolute atomic E-state index is 14.1. The quantitative estimate of drug-likeness (QED) is 0.285. The molecule has 0 aromatic heterocycles. The Morgan fingerprint density at radius 2 is 1.68 bits per heavy atom. The van der Waals surface area contributed by atoms with Gasteiger partial charge in [0.05, 0.1) is 48.4 Å². The number of ether oxygens (including phenoxy) is 2. The number of non-ortho nitro benzene ring substituents is 1. The Hall–Kier alpha value is -5.19. The summed E-state index contributed by atoms with van der Waals surface area (Å²) < 4.78 is 10.7. The molecular formula is C29H24N4O7. The highest BCUT2D eigenvalue weighted by Crippen LogP contribution is 2.49. The largest absolute Gasteiger partial charge is 0.497 e. The molecule has 2 fully saturated rings. The molecule has 3 amide bonds. The summed E-state index contributed by atoms with van der Waals surface area (Å²) in [6, 6.07) is 16.1. The van der Waals surface area contributed by atoms with Crippen LogP contribution in [0.15, 0.2) is 72.8 Å². The van der Waals surface area contributed by atoms with Crippen LogP contribution >= 0.6 is 0 Å². The summed E-state index contributed by atoms with van der Waals surface area (Å²) in [5, 5.41) is 14.0. The zero-order chi connectivity index (χ0) is 28.1. The number of amides is 3. The average Bonchev–Trinajstić information content (AvgIpc) is 3.45. The topological polar surface area (TPSA) is 131 Å². The number of anilines is 3. The molecule has 6 rings (SSSR count). The van der Waals surface area contributed by atoms with Crippen LogP contribution < -0.4 is 24.6 Å². The lowest BCUT2D eigenvalue weighted by Gasteiger charge is -2.36. The van der Waals surface area contributed by atoms with Crippen molar-refractivity contribution in [3.05, 3.63) is 88.5 Å². The molecule has 0 aliphatic carbocycles. The summed E-state index contributed by atoms with van der Waals surface area (Å²) in [6.07, 6.45) is 3.75. The molecule has 0 bridgehead atoms. The predicted octanol–water partition coefficient (Wildman–Crippen LogP) is 3.64. The van der Waals surface area contributed by atoms with E-state index in [2.05, 4.69) is 5.32 Å². The van der Waals surface area contributed by atoms with Crippen LogP contribution in [0.3, 0.4) is 0 Å². The number of nitrogens with zero attached hydrogens (tertiary/aromatic N) is 3. The number of hydrogen-bond donors (Lipinski definition) is 1. The van der Waals surface area contributed by atoms with Gasteiger partial charge < -0.3 is 19.7 Å². The van der Waals surface area contributed by atoms with Crippen molar-refractivity contribution in [1.82, 2.24) is 0 Å². The van der Waals surface area contributed by atoms with E-state index in [-0.39, 0.29) is 11.4 Å². The molecule has 11 heteroatoms. The van der Waals surface area contributed by atoms with Gasteiger partial charge in [-0.25, -0.2) is 4.90 Å². The lowest BCUT2D eigenvalue weighted by molar-refractivity contribution is -0.384. The molecular weight excluding hydrogens is 516 g/mol. The summed E-state index contributed by atoms with van der Waals surface area (Å²) >= 11 is 0. The molecule has 0 saturated carbocycles. The van der Waals surface area contributed by atoms with Gasteiger partial charge in [0.25, 0.3) is 5.69 Å². The van der Waals surface area contributed by atoms with E-state index in [0.717, 1.165) is 16.2 Å². The lowest BCUT2D eigenvalue weighted by Crippen LogP contribution is -2.50. The van der Waals surface area contributed by atoms with Crippen LogP contribution in [0.5, 0.6) is 11.5 Å². The second-order valence-electron chi connectivity index (χ2n) is 9.65. The second kappa shape index (κ2) is 9.53. The highest BCUT2D eigenvalue weighted by Gasteiger charge is 2.64. The van der Waals surface area contributed by atoms with E-state index in [4.69, 9.17) is 9.47 Å². The third-order valence-corrected chi connectivity index (χ3v) is 7.67. The molecule has 3 aliphatic rings. The maximum atomic E-state index is 14.1. The van der Waals surface area contributed by atoms with Gasteiger partial charge in [-0.2, -0.15) is 0 Å². The van der Waals surface area contributed by atoms with Gasteiger partial charge in [-0.15, -0.1) is 0 Å². The number of methoxy groups -OCH3 is 2. The Labute approximate surface area is 228 Å². The molecule has 0 unspecified atom stereocenters. The third kappa shape index (κ3) is 3.77. The lowest BCUT2D eigenvalue weighted by atomic mass is 9.88. The number of rotatable bonds is 6. The Balaban J connectivity index is 1.42. The highest BCUT2D eigenvalue weighted by atomic mass is 16.6. The van der Waals surface area contributed by atoms with Crippen LogP contribution in [0.2, 0.25) is 0 Å². The molecule has 1 N–H and O–H groups in total. The fraction of sp³-hybridized carbons (Fsp3) is 0.207. The molecule has 0 radical (unpaired) electrons. The summed E-state index contributed by atoms with van der Waals surface area (Å²) in [5.74, 6) is -2.42. The molecule has 0 spiro atoms. The van der Waals surface area contributed by atoms with E-state index in [9.17, 15) is 24.5 Å². The first-order valence-corrected chi connectivity index (χ1v) is 12.5. The second-order valence-corrected chi connectivity index (χ2v) is 9.65. The molecule has 40 heavy (non-hydrogen) atoms. The number of nitro groups is 1. The third-order valence-electron chi connectivity index (χ3n) is 7.67. The Bertz CT molecular complexity index is 1590. The molecule has 2 saturated heterocycles. The van der Waals surface area contributed by atoms with E-state index in [1.807, 2.05) is 41.3 Å². The van der Waals surface area contributed by atoms with Crippen molar-refractivity contribution in [1.29, 1.82) is 0 Å². The number of carbonyl (C=O) groups is 3. The number of fused-ring (bicyclic) bond motifs is 5. The standard InChI is InChI=1S/C29H24N4O7/c1-39-19-12-14-23(40-2)20(15-19)30-27(34)26-25-24(22-13-7-16-5-3-4-6-21(16)32(22)26)28(35)31(29(25)36)17-8-10-18(11-9-17)33(37)38/h3-15,22,24-26H,1-2H3,(H,30,34)/t22-,24-,25-,26+/m1/s1. The normalized spacial score (nSPS) is 22.4. The molecule has 3 heterocycles. The Morgan fingerprint density at radius 1 is 0.950 bits per heavy atom. The fourth-order valence-corrected chi connectivity index (χ4v) is 5.91. The average molecular weight is 541 g/mol. The van der Waals surface area contributed by atoms with E-state index in [1.54, 1.807) is 18.2 Å². The van der Waals surface area contributed by atoms with Crippen molar-refractivity contribution in [3.63, 3.8) is 0 Å². The molecule has 3 aromatic rings. The fourth-order valence-electron chi connectivity index (χ4n) is 5.91. The van der Waals surface area contributed by atoms with Gasteiger partial charge >= 0.3 is 0 Å². The Kier molecular flexibility index (Phi) is 5.98. The Morgan fingerprint density at radius 3 is 2.38 bits per heavy atom. The minimum absolute atomic E-state index is 0.162. The van der Waals surface area contributed by atoms with Gasteiger partial charge in [0.2, 0.25) is 17.7 Å². The molecule has 11 nitrogen and oxygen atoms in total. The summed E-state index contributed by atoms with van der Waals surface area (Å²) in [5.41, 5.74) is 2.02. The molecule has 4 atom stereocenters. The van der Waals surface area contributed by atoms with Gasteiger partial charge in [-0.05, 0) is 35.9 Å². The van der Waals surface area contributed by atoms with Gasteiger partial charge in [-0.3, -0.25) is 24.5 Å². The highest BCUT2D eigenvalue weighted by molar-refractivity contribution is 6.25. The summed E-state index contributed by atoms with van der Waals surface area (Å²) in [4.78, 5) is 55.3. The van der Waals surface area contributed by atoms with E-state index >= 15 is 0 Å². The number of nitrogens with one attached hydrogen (secondary N) is 1. The summed E-state index contributed by atoms with van der Waals surface area (Å²) in [7, 11) is 2.98. The van der Waals surface area contributed by atoms with Crippen LogP contribution in [0.1, 0.15) is 5.56 Å². The van der Waals surface area contributed by atoms with Crippen LogP contribution in [0, 0.1) is 22.0 Å². The van der Waals surface area contributed by atoms with Crippen LogP contribution in [-0.2, 0) is 14.4 Å². The van der Waals surface area contributed by atoms with Gasteiger partial charge in [0, 0.05) is 23.9 Å². The minimum Gasteiger partial charge on any atom is -0.497 e. The zero-order valence-corrected chi connectivity index (χ0v) is 21.5. The van der Waals surface area contributed by atoms with Crippen LogP contribution in [0.25, 0.3) is 6.08 Å². The first-order valence-electron chi connectivity index (χ1n) is 12.5. The number of imide groups is 1. The van der Waals surface area contributed by atoms with Crippen molar-refractivity contribution in [3.8, 4) is 11.5 Å². The number of benzene rings is 3. The van der Waals surface area contributed by atoms with Crippen LogP contribution in [0.4, 0.5) is 22.7 Å². The van der Waals surface area contributed by atoms with E-state index in [0.29, 0.717) is 17.2 Å². The number of carbonyl (C=O) groups excluding carboxylic acids is 3. The molecule has 3 aromatic carbocycles. The summed E-state index contributed by atoms with van der Waals surface area (Å²) in [6.45, 7) is 0. The van der Waals surface area contributed by atoms with Gasteiger partial charge in [-0.1, -0.05) is 30.4 Å². The van der Waals surface area contributed by atoms with E-state index < -0.39 is 46.6 Å². The van der Waals surface area contributed by atoms with Crippen molar-refractivity contribution in [2.75, 3.05) is 29.3 Å². The van der Waals surface area contributed by atoms with Crippen molar-refractivity contribution in [2.45, 2.75) is 12.1 Å². The van der Waals surface area contributed by atoms with Gasteiger partial charge in [0.15, 0.2) is 0 Å². The predicted molar refractivity (Wildman–Crippen MR) is 146 cm³/mol. The van der Waals surface area contributed by atoms with E-state index in [1.165, 1.54) is 38.5 Å². The number of para-hydroxylation sites is 1. The van der Waals surface area contributed by atoms with Crippen molar-refractivity contribution >= 4 is 46.5 Å². The first-order chi connectivity index (χ1) is 19.3. The van der Waals surface area contributed by atoms with Crippen LogP contribution in [-0.4, -0.2) is 48.9 Å². The van der Waals surface area contributed by atoms with Crippen molar-refractivity contribution in [2.24, 2.45) is 11.8 Å². The smallest absolute Gasteiger partial charge is 0.269 e. The number of hydrogen-bond acceptors (Lipinski definition) is 8. The first kappa shape index (κ1) is 25.1. The SMILES string of the molecule is COc1ccc(OC)c(NC(=O)[C@@H]2[C@@H]3C(=O)N(c4ccc([N+](=O)[O-])cc4)C(=O)[C@@H]3[C@H]3C=Cc4ccccc4N32)c1. The molecule has 3 aliphatic heterocycles. The zero-order valence-electron chi connectivity index (χ0n) is 21.5. The van der Waals surface area contributed by atoms with Crippen molar-refractivity contribution < 1.29 is 28.8 Å². The monoisotopic (exact) mass is 540 g/mol. The number of nitro benzene ring substituents is 1. The maximum Gasteiger partial charge on any atom is 0.269 e. The minimum atomic E-state index is -1.03. The molecule has 202 valence electrons.